The molecule has 2 aliphatic heterocycles. The summed E-state index contributed by atoms with van der Waals surface area (Å²) >= 11 is 0. The molecule has 1 fully saturated rings. The average molecular weight is 519 g/mol. The van der Waals surface area contributed by atoms with Crippen LogP contribution in [0.25, 0.3) is 0 Å². The predicted octanol–water partition coefficient (Wildman–Crippen LogP) is 3.67. The second-order valence-electron chi connectivity index (χ2n) is 9.31. The Labute approximate surface area is 218 Å². The molecule has 0 aromatic heterocycles. The molecule has 3 aromatic rings. The van der Waals surface area contributed by atoms with Gasteiger partial charge in [0.15, 0.2) is 0 Å². The molecule has 3 aromatic carbocycles. The van der Waals surface area contributed by atoms with Gasteiger partial charge in [-0.3, -0.25) is 0 Å². The van der Waals surface area contributed by atoms with Crippen molar-refractivity contribution in [3.63, 3.8) is 0 Å². The molecule has 0 bridgehead atoms. The van der Waals surface area contributed by atoms with E-state index in [1.807, 2.05) is 49.5 Å². The molecule has 0 aliphatic carbocycles. The van der Waals surface area contributed by atoms with Crippen molar-refractivity contribution in [3.8, 4) is 23.3 Å². The van der Waals surface area contributed by atoms with Crippen molar-refractivity contribution in [2.24, 2.45) is 5.92 Å². The van der Waals surface area contributed by atoms with E-state index in [1.54, 1.807) is 35.7 Å². The van der Waals surface area contributed by atoms with Crippen LogP contribution in [0.2, 0.25) is 0 Å². The quantitative estimate of drug-likeness (QED) is 0.520. The lowest BCUT2D eigenvalue weighted by Gasteiger charge is -2.44. The first-order valence-corrected chi connectivity index (χ1v) is 13.6. The van der Waals surface area contributed by atoms with E-state index in [1.165, 1.54) is 7.11 Å². The summed E-state index contributed by atoms with van der Waals surface area (Å²) in [5.41, 5.74) is 3.47. The fourth-order valence-electron chi connectivity index (χ4n) is 5.47. The number of benzene rings is 3. The largest absolute Gasteiger partial charge is 0.497 e. The zero-order valence-electron chi connectivity index (χ0n) is 21.1. The standard InChI is InChI=1S/C29H30N2O5S/c1-30-27-14-11-21(8-7-20-9-12-22(35-2)13-10-20)17-26(27)29-25(28(30)19-32)15-16-31(29)37(33,34)24-6-4-5-23(18-24)36-3/h4-6,9-14,17-18,25,28-29,32H,15-16,19H2,1-3H3/t25-,28+,29-/m0/s1. The van der Waals surface area contributed by atoms with Crippen molar-refractivity contribution in [3.05, 3.63) is 83.4 Å². The Morgan fingerprint density at radius 2 is 1.65 bits per heavy atom. The molecule has 8 heteroatoms. The summed E-state index contributed by atoms with van der Waals surface area (Å²) in [4.78, 5) is 2.27. The second kappa shape index (κ2) is 10.1. The summed E-state index contributed by atoms with van der Waals surface area (Å²) in [6.45, 7) is 0.323. The molecule has 7 nitrogen and oxygen atoms in total. The van der Waals surface area contributed by atoms with Crippen LogP contribution < -0.4 is 14.4 Å². The Morgan fingerprint density at radius 3 is 2.35 bits per heavy atom. The number of ether oxygens (including phenoxy) is 2. The van der Waals surface area contributed by atoms with Crippen molar-refractivity contribution in [2.45, 2.75) is 23.4 Å². The summed E-state index contributed by atoms with van der Waals surface area (Å²) in [7, 11) is 1.30. The molecule has 0 saturated carbocycles. The van der Waals surface area contributed by atoms with Gasteiger partial charge in [-0.15, -0.1) is 0 Å². The van der Waals surface area contributed by atoms with E-state index >= 15 is 0 Å². The number of methoxy groups -OCH3 is 2. The summed E-state index contributed by atoms with van der Waals surface area (Å²) in [5.74, 6) is 7.62. The Morgan fingerprint density at radius 1 is 0.946 bits per heavy atom. The monoisotopic (exact) mass is 518 g/mol. The Balaban J connectivity index is 1.56. The number of rotatable bonds is 5. The Bertz CT molecular complexity index is 1460. The maximum atomic E-state index is 13.8. The predicted molar refractivity (Wildman–Crippen MR) is 142 cm³/mol. The van der Waals surface area contributed by atoms with Crippen molar-refractivity contribution < 1.29 is 23.0 Å². The third kappa shape index (κ3) is 4.55. The fourth-order valence-corrected chi connectivity index (χ4v) is 7.18. The molecule has 37 heavy (non-hydrogen) atoms. The minimum Gasteiger partial charge on any atom is -0.497 e. The van der Waals surface area contributed by atoms with Gasteiger partial charge >= 0.3 is 0 Å². The van der Waals surface area contributed by atoms with Gasteiger partial charge in [-0.25, -0.2) is 8.42 Å². The minimum atomic E-state index is -3.80. The van der Waals surface area contributed by atoms with Crippen LogP contribution in [0.4, 0.5) is 5.69 Å². The Hall–Kier alpha value is -3.51. The van der Waals surface area contributed by atoms with E-state index in [9.17, 15) is 13.5 Å². The SMILES string of the molecule is COc1ccc(C#Cc2ccc3c(c2)[C@@H]2[C@@H](CCN2S(=O)(=O)c2cccc(OC)c2)[C@@H](CO)N3C)cc1. The highest BCUT2D eigenvalue weighted by atomic mass is 32.2. The number of aliphatic hydroxyl groups excluding tert-OH is 1. The van der Waals surface area contributed by atoms with Crippen LogP contribution >= 0.6 is 0 Å². The molecule has 3 atom stereocenters. The van der Waals surface area contributed by atoms with Crippen LogP contribution in [-0.2, 0) is 10.0 Å². The van der Waals surface area contributed by atoms with Gasteiger partial charge in [-0.1, -0.05) is 17.9 Å². The molecule has 0 spiro atoms. The van der Waals surface area contributed by atoms with Gasteiger partial charge in [0, 0.05) is 42.4 Å². The number of fused-ring (bicyclic) bond motifs is 3. The number of anilines is 1. The van der Waals surface area contributed by atoms with E-state index in [2.05, 4.69) is 16.7 Å². The van der Waals surface area contributed by atoms with Crippen LogP contribution in [-0.4, -0.2) is 58.3 Å². The Kier molecular flexibility index (Phi) is 6.86. The van der Waals surface area contributed by atoms with Crippen molar-refractivity contribution in [2.75, 3.05) is 39.3 Å². The third-order valence-corrected chi connectivity index (χ3v) is 9.27. The number of hydrogen-bond donors (Lipinski definition) is 1. The minimum absolute atomic E-state index is 0.0484. The van der Waals surface area contributed by atoms with Gasteiger partial charge in [0.2, 0.25) is 10.0 Å². The molecule has 1 N–H and O–H groups in total. The highest BCUT2D eigenvalue weighted by Crippen LogP contribution is 2.50. The van der Waals surface area contributed by atoms with E-state index < -0.39 is 16.1 Å². The highest BCUT2D eigenvalue weighted by Gasteiger charge is 2.50. The number of nitrogens with zero attached hydrogens (tertiary/aromatic N) is 2. The van der Waals surface area contributed by atoms with E-state index in [4.69, 9.17) is 9.47 Å². The molecular formula is C29H30N2O5S. The second-order valence-corrected chi connectivity index (χ2v) is 11.2. The van der Waals surface area contributed by atoms with Crippen LogP contribution in [0.3, 0.4) is 0 Å². The van der Waals surface area contributed by atoms with Crippen LogP contribution in [0.5, 0.6) is 11.5 Å². The zero-order chi connectivity index (χ0) is 26.2. The fraction of sp³-hybridized carbons (Fsp3) is 0.310. The summed E-state index contributed by atoms with van der Waals surface area (Å²) in [6.07, 6.45) is 0.657. The number of hydrogen-bond acceptors (Lipinski definition) is 6. The molecule has 1 saturated heterocycles. The van der Waals surface area contributed by atoms with E-state index in [0.29, 0.717) is 18.7 Å². The molecular weight excluding hydrogens is 488 g/mol. The highest BCUT2D eigenvalue weighted by molar-refractivity contribution is 7.89. The molecule has 5 rings (SSSR count). The summed E-state index contributed by atoms with van der Waals surface area (Å²) in [5, 5.41) is 10.3. The first kappa shape index (κ1) is 25.2. The number of aliphatic hydroxyl groups is 1. The lowest BCUT2D eigenvalue weighted by atomic mass is 9.82. The van der Waals surface area contributed by atoms with Gasteiger partial charge in [-0.05, 0) is 66.6 Å². The van der Waals surface area contributed by atoms with Gasteiger partial charge in [0.1, 0.15) is 11.5 Å². The van der Waals surface area contributed by atoms with Crippen molar-refractivity contribution in [1.82, 2.24) is 4.31 Å². The lowest BCUT2D eigenvalue weighted by Crippen LogP contribution is -2.48. The average Bonchev–Trinajstić information content (AvgIpc) is 3.38. The van der Waals surface area contributed by atoms with Crippen LogP contribution in [0.1, 0.15) is 29.2 Å². The smallest absolute Gasteiger partial charge is 0.243 e. The third-order valence-electron chi connectivity index (χ3n) is 7.39. The number of likely N-dealkylation sites (N-methyl/N-ethyl adjacent to an activating group) is 1. The lowest BCUT2D eigenvalue weighted by molar-refractivity contribution is 0.193. The van der Waals surface area contributed by atoms with Gasteiger partial charge < -0.3 is 19.5 Å². The molecule has 0 radical (unpaired) electrons. The van der Waals surface area contributed by atoms with Gasteiger partial charge in [0.05, 0.1) is 37.8 Å². The number of sulfonamides is 1. The molecule has 2 heterocycles. The maximum Gasteiger partial charge on any atom is 0.243 e. The topological polar surface area (TPSA) is 79.3 Å². The van der Waals surface area contributed by atoms with Crippen LogP contribution in [0, 0.1) is 17.8 Å². The molecule has 0 unspecified atom stereocenters. The first-order valence-electron chi connectivity index (χ1n) is 12.2. The van der Waals surface area contributed by atoms with Crippen molar-refractivity contribution >= 4 is 15.7 Å². The first-order chi connectivity index (χ1) is 17.9. The zero-order valence-corrected chi connectivity index (χ0v) is 21.9. The van der Waals surface area contributed by atoms with Gasteiger partial charge in [0.25, 0.3) is 0 Å². The summed E-state index contributed by atoms with van der Waals surface area (Å²) < 4.78 is 39.8. The normalized spacial score (nSPS) is 21.0. The van der Waals surface area contributed by atoms with Gasteiger partial charge in [-0.2, -0.15) is 4.31 Å². The molecule has 0 amide bonds. The maximum absolute atomic E-state index is 13.8. The van der Waals surface area contributed by atoms with Crippen LogP contribution in [0.15, 0.2) is 71.6 Å². The van der Waals surface area contributed by atoms with E-state index in [0.717, 1.165) is 28.1 Å². The van der Waals surface area contributed by atoms with Crippen molar-refractivity contribution in [1.29, 1.82) is 0 Å². The summed E-state index contributed by atoms with van der Waals surface area (Å²) in [6, 6.07) is 19.4. The molecule has 2 aliphatic rings. The molecule has 192 valence electrons. The van der Waals surface area contributed by atoms with E-state index in [-0.39, 0.29) is 23.5 Å².